The molecule has 142 valence electrons. The Morgan fingerprint density at radius 3 is 2.71 bits per heavy atom. The van der Waals surface area contributed by atoms with Gasteiger partial charge in [0.2, 0.25) is 0 Å². The number of thiazole rings is 1. The van der Waals surface area contributed by atoms with E-state index in [1.54, 1.807) is 10.6 Å². The molecule has 8 nitrogen and oxygen atoms in total. The van der Waals surface area contributed by atoms with Crippen molar-refractivity contribution in [2.24, 2.45) is 4.99 Å². The van der Waals surface area contributed by atoms with Gasteiger partial charge in [0, 0.05) is 24.0 Å². The lowest BCUT2D eigenvalue weighted by Crippen LogP contribution is -2.16. The molecule has 0 spiro atoms. The number of non-ortho nitro benzene ring substituents is 1. The zero-order valence-corrected chi connectivity index (χ0v) is 16.2. The van der Waals surface area contributed by atoms with Gasteiger partial charge in [-0.1, -0.05) is 23.3 Å². The number of carbonyl (C=O) groups excluding carboxylic acids is 1. The number of nitrogens with zero attached hydrogens (tertiary/aromatic N) is 3. The third-order valence-electron chi connectivity index (χ3n) is 3.83. The van der Waals surface area contributed by atoms with Crippen LogP contribution in [0.5, 0.6) is 0 Å². The standard InChI is InChI=1S/C18H13N3O5S2/c1-3-9-20-15-8-7-13(21(23)24)11-16(15)27-18(20)19-17(22)12-5-4-6-14(10-12)28(2,25)26/h1,4-8,10-11H,9H2,2H3. The Morgan fingerprint density at radius 1 is 1.32 bits per heavy atom. The number of aromatic nitrogens is 1. The number of hydrogen-bond acceptors (Lipinski definition) is 6. The highest BCUT2D eigenvalue weighted by molar-refractivity contribution is 7.90. The summed E-state index contributed by atoms with van der Waals surface area (Å²) in [6.07, 6.45) is 6.45. The van der Waals surface area contributed by atoms with Crippen LogP contribution in [0.25, 0.3) is 10.2 Å². The van der Waals surface area contributed by atoms with Gasteiger partial charge in [0.05, 0.1) is 26.6 Å². The van der Waals surface area contributed by atoms with Gasteiger partial charge in [-0.3, -0.25) is 14.9 Å². The van der Waals surface area contributed by atoms with E-state index < -0.39 is 20.7 Å². The van der Waals surface area contributed by atoms with Crippen LogP contribution in [-0.4, -0.2) is 30.1 Å². The van der Waals surface area contributed by atoms with Crippen molar-refractivity contribution in [3.05, 3.63) is 62.9 Å². The largest absolute Gasteiger partial charge is 0.305 e. The van der Waals surface area contributed by atoms with Gasteiger partial charge in [-0.2, -0.15) is 4.99 Å². The first kappa shape index (κ1) is 19.5. The molecule has 0 saturated carbocycles. The lowest BCUT2D eigenvalue weighted by molar-refractivity contribution is -0.384. The molecule has 10 heteroatoms. The van der Waals surface area contributed by atoms with E-state index in [1.807, 2.05) is 0 Å². The third kappa shape index (κ3) is 3.85. The molecule has 1 heterocycles. The van der Waals surface area contributed by atoms with Gasteiger partial charge in [-0.05, 0) is 24.3 Å². The average Bonchev–Trinajstić information content (AvgIpc) is 2.98. The number of hydrogen-bond donors (Lipinski definition) is 0. The van der Waals surface area contributed by atoms with Crippen molar-refractivity contribution in [2.75, 3.05) is 6.26 Å². The molecule has 3 rings (SSSR count). The Hall–Kier alpha value is -3.29. The summed E-state index contributed by atoms with van der Waals surface area (Å²) in [7, 11) is -3.47. The number of fused-ring (bicyclic) bond motifs is 1. The molecule has 0 aliphatic carbocycles. The molecule has 0 saturated heterocycles. The molecule has 1 aromatic heterocycles. The fraction of sp³-hybridized carbons (Fsp3) is 0.111. The second-order valence-corrected chi connectivity index (χ2v) is 8.83. The van der Waals surface area contributed by atoms with Gasteiger partial charge >= 0.3 is 0 Å². The summed E-state index contributed by atoms with van der Waals surface area (Å²) in [5.74, 6) is 1.83. The molecule has 0 unspecified atom stereocenters. The molecular formula is C18H13N3O5S2. The maximum atomic E-state index is 12.6. The second kappa shape index (κ2) is 7.38. The molecule has 0 aliphatic rings. The number of carbonyl (C=O) groups is 1. The van der Waals surface area contributed by atoms with Crippen molar-refractivity contribution in [3.63, 3.8) is 0 Å². The van der Waals surface area contributed by atoms with E-state index in [9.17, 15) is 23.3 Å². The van der Waals surface area contributed by atoms with Crippen molar-refractivity contribution in [1.82, 2.24) is 4.57 Å². The van der Waals surface area contributed by atoms with E-state index >= 15 is 0 Å². The highest BCUT2D eigenvalue weighted by Gasteiger charge is 2.14. The molecule has 0 bridgehead atoms. The predicted octanol–water partition coefficient (Wildman–Crippen LogP) is 2.39. The van der Waals surface area contributed by atoms with Crippen molar-refractivity contribution >= 4 is 43.0 Å². The average molecular weight is 415 g/mol. The van der Waals surface area contributed by atoms with Crippen molar-refractivity contribution < 1.29 is 18.1 Å². The quantitative estimate of drug-likeness (QED) is 0.369. The number of benzene rings is 2. The van der Waals surface area contributed by atoms with E-state index in [2.05, 4.69) is 10.9 Å². The van der Waals surface area contributed by atoms with Gasteiger partial charge in [-0.25, -0.2) is 8.42 Å². The Balaban J connectivity index is 2.15. The van der Waals surface area contributed by atoms with Crippen LogP contribution >= 0.6 is 11.3 Å². The number of amides is 1. The molecule has 1 amide bonds. The molecular weight excluding hydrogens is 402 g/mol. The van der Waals surface area contributed by atoms with Gasteiger partial charge in [0.25, 0.3) is 11.6 Å². The molecule has 3 aromatic rings. The molecule has 2 aromatic carbocycles. The van der Waals surface area contributed by atoms with E-state index in [0.717, 1.165) is 17.6 Å². The fourth-order valence-corrected chi connectivity index (χ4v) is 4.24. The summed E-state index contributed by atoms with van der Waals surface area (Å²) in [6, 6.07) is 9.86. The molecule has 0 atom stereocenters. The van der Waals surface area contributed by atoms with E-state index in [4.69, 9.17) is 6.42 Å². The van der Waals surface area contributed by atoms with Crippen LogP contribution in [0.3, 0.4) is 0 Å². The summed E-state index contributed by atoms with van der Waals surface area (Å²) >= 11 is 1.09. The van der Waals surface area contributed by atoms with Crippen LogP contribution in [0.15, 0.2) is 52.4 Å². The molecule has 28 heavy (non-hydrogen) atoms. The SMILES string of the molecule is C#CCn1c(=NC(=O)c2cccc(S(C)(=O)=O)c2)sc2cc([N+](=O)[O-])ccc21. The summed E-state index contributed by atoms with van der Waals surface area (Å²) in [5.41, 5.74) is 0.643. The lowest BCUT2D eigenvalue weighted by Gasteiger charge is -2.01. The van der Waals surface area contributed by atoms with Crippen LogP contribution < -0.4 is 4.80 Å². The van der Waals surface area contributed by atoms with Gasteiger partial charge in [0.1, 0.15) is 0 Å². The smallest absolute Gasteiger partial charge is 0.279 e. The van der Waals surface area contributed by atoms with Crippen molar-refractivity contribution in [3.8, 4) is 12.3 Å². The van der Waals surface area contributed by atoms with Gasteiger partial charge in [-0.15, -0.1) is 6.42 Å². The Labute approximate surface area is 163 Å². The highest BCUT2D eigenvalue weighted by atomic mass is 32.2. The van der Waals surface area contributed by atoms with Crippen molar-refractivity contribution in [2.45, 2.75) is 11.4 Å². The maximum absolute atomic E-state index is 12.6. The minimum Gasteiger partial charge on any atom is -0.305 e. The van der Waals surface area contributed by atoms with Crippen LogP contribution in [0, 0.1) is 22.5 Å². The Kier molecular flexibility index (Phi) is 5.13. The molecule has 0 aliphatic heterocycles. The summed E-state index contributed by atoms with van der Waals surface area (Å²) < 4.78 is 25.5. The zero-order chi connectivity index (χ0) is 20.5. The number of nitro groups is 1. The van der Waals surface area contributed by atoms with Crippen LogP contribution in [-0.2, 0) is 16.4 Å². The van der Waals surface area contributed by atoms with Gasteiger partial charge < -0.3 is 4.57 Å². The minimum absolute atomic E-state index is 0.0111. The van der Waals surface area contributed by atoms with E-state index in [0.29, 0.717) is 10.2 Å². The summed E-state index contributed by atoms with van der Waals surface area (Å²) in [6.45, 7) is 0.118. The fourth-order valence-electron chi connectivity index (χ4n) is 2.52. The van der Waals surface area contributed by atoms with E-state index in [-0.39, 0.29) is 27.5 Å². The lowest BCUT2D eigenvalue weighted by atomic mass is 10.2. The number of sulfone groups is 1. The highest BCUT2D eigenvalue weighted by Crippen LogP contribution is 2.23. The van der Waals surface area contributed by atoms with E-state index in [1.165, 1.54) is 36.4 Å². The normalized spacial score (nSPS) is 12.1. The first-order valence-electron chi connectivity index (χ1n) is 7.81. The summed E-state index contributed by atoms with van der Waals surface area (Å²) in [4.78, 5) is 27.4. The van der Waals surface area contributed by atoms with Gasteiger partial charge in [0.15, 0.2) is 14.6 Å². The summed E-state index contributed by atoms with van der Waals surface area (Å²) in [5, 5.41) is 11.0. The minimum atomic E-state index is -3.47. The van der Waals surface area contributed by atoms with Crippen LogP contribution in [0.1, 0.15) is 10.4 Å². The zero-order valence-electron chi connectivity index (χ0n) is 14.5. The Bertz CT molecular complexity index is 1330. The predicted molar refractivity (Wildman–Crippen MR) is 105 cm³/mol. The maximum Gasteiger partial charge on any atom is 0.279 e. The number of terminal acetylenes is 1. The third-order valence-corrected chi connectivity index (χ3v) is 5.98. The van der Waals surface area contributed by atoms with Crippen LogP contribution in [0.4, 0.5) is 5.69 Å². The molecule has 0 fully saturated rings. The molecule has 0 N–H and O–H groups in total. The first-order chi connectivity index (χ1) is 13.2. The topological polar surface area (TPSA) is 112 Å². The number of rotatable bonds is 4. The monoisotopic (exact) mass is 415 g/mol. The van der Waals surface area contributed by atoms with Crippen LogP contribution in [0.2, 0.25) is 0 Å². The Morgan fingerprint density at radius 2 is 2.07 bits per heavy atom. The second-order valence-electron chi connectivity index (χ2n) is 5.80. The first-order valence-corrected chi connectivity index (χ1v) is 10.5. The van der Waals surface area contributed by atoms with Crippen molar-refractivity contribution in [1.29, 1.82) is 0 Å². The number of nitro benzene ring substituents is 1. The molecule has 0 radical (unpaired) electrons.